The van der Waals surface area contributed by atoms with Crippen molar-refractivity contribution in [3.05, 3.63) is 65.2 Å². The average Bonchev–Trinajstić information content (AvgIpc) is 2.54. The molecule has 2 N–H and O–H groups in total. The summed E-state index contributed by atoms with van der Waals surface area (Å²) in [7, 11) is 0. The first kappa shape index (κ1) is 15.8. The minimum Gasteiger partial charge on any atom is -0.485 e. The molecule has 0 aliphatic carbocycles. The number of hydrogen-bond acceptors (Lipinski definition) is 3. The van der Waals surface area contributed by atoms with Gasteiger partial charge in [0.15, 0.2) is 12.4 Å². The lowest BCUT2D eigenvalue weighted by Gasteiger charge is -2.07. The highest BCUT2D eigenvalue weighted by Gasteiger charge is 2.07. The number of ether oxygens (including phenoxy) is 1. The lowest BCUT2D eigenvalue weighted by molar-refractivity contribution is 0.0920. The molecule has 0 aliphatic rings. The van der Waals surface area contributed by atoms with Crippen molar-refractivity contribution in [2.24, 2.45) is 5.73 Å². The first-order valence-corrected chi connectivity index (χ1v) is 7.25. The number of amides is 1. The van der Waals surface area contributed by atoms with Gasteiger partial charge in [-0.1, -0.05) is 37.6 Å². The third-order valence-corrected chi connectivity index (χ3v) is 3.32. The van der Waals surface area contributed by atoms with E-state index in [1.54, 1.807) is 24.3 Å². The standard InChI is InChI=1S/C18H19NO3/c1-2-3-13-4-6-14(7-5-13)17(20)12-22-16-10-8-15(9-11-16)18(19)21/h4-11H,2-3,12H2,1H3,(H2,19,21). The lowest BCUT2D eigenvalue weighted by Crippen LogP contribution is -2.12. The van der Waals surface area contributed by atoms with E-state index < -0.39 is 5.91 Å². The second-order valence-corrected chi connectivity index (χ2v) is 5.05. The van der Waals surface area contributed by atoms with Crippen LogP contribution in [0.4, 0.5) is 0 Å². The maximum absolute atomic E-state index is 12.1. The first-order chi connectivity index (χ1) is 10.6. The fourth-order valence-electron chi connectivity index (χ4n) is 2.09. The molecular weight excluding hydrogens is 278 g/mol. The summed E-state index contributed by atoms with van der Waals surface area (Å²) in [6.07, 6.45) is 2.09. The molecular formula is C18H19NO3. The predicted octanol–water partition coefficient (Wildman–Crippen LogP) is 3.00. The maximum Gasteiger partial charge on any atom is 0.248 e. The Balaban J connectivity index is 1.93. The van der Waals surface area contributed by atoms with Crippen molar-refractivity contribution in [3.8, 4) is 5.75 Å². The van der Waals surface area contributed by atoms with Crippen molar-refractivity contribution < 1.29 is 14.3 Å². The summed E-state index contributed by atoms with van der Waals surface area (Å²) in [5.74, 6) is -0.0437. The fraction of sp³-hybridized carbons (Fsp3) is 0.222. The molecule has 0 saturated carbocycles. The summed E-state index contributed by atoms with van der Waals surface area (Å²) in [6, 6.07) is 14.0. The fourth-order valence-corrected chi connectivity index (χ4v) is 2.09. The molecule has 0 saturated heterocycles. The van der Waals surface area contributed by atoms with Crippen LogP contribution in [0, 0.1) is 0 Å². The van der Waals surface area contributed by atoms with Gasteiger partial charge in [0.25, 0.3) is 0 Å². The number of benzene rings is 2. The Morgan fingerprint density at radius 3 is 2.09 bits per heavy atom. The van der Waals surface area contributed by atoms with Crippen LogP contribution >= 0.6 is 0 Å². The summed E-state index contributed by atoms with van der Waals surface area (Å²) >= 11 is 0. The van der Waals surface area contributed by atoms with E-state index in [4.69, 9.17) is 10.5 Å². The summed E-state index contributed by atoms with van der Waals surface area (Å²) in [5.41, 5.74) is 7.43. The molecule has 2 aromatic rings. The van der Waals surface area contributed by atoms with Gasteiger partial charge in [0, 0.05) is 11.1 Å². The largest absolute Gasteiger partial charge is 0.485 e. The van der Waals surface area contributed by atoms with Crippen LogP contribution < -0.4 is 10.5 Å². The zero-order valence-electron chi connectivity index (χ0n) is 12.5. The van der Waals surface area contributed by atoms with Crippen LogP contribution in [0.3, 0.4) is 0 Å². The summed E-state index contributed by atoms with van der Waals surface area (Å²) in [4.78, 5) is 23.0. The van der Waals surface area contributed by atoms with Crippen LogP contribution in [0.2, 0.25) is 0 Å². The van der Waals surface area contributed by atoms with Crippen LogP contribution in [0.5, 0.6) is 5.75 Å². The van der Waals surface area contributed by atoms with Crippen molar-refractivity contribution >= 4 is 11.7 Å². The van der Waals surface area contributed by atoms with Crippen LogP contribution in [0.15, 0.2) is 48.5 Å². The normalized spacial score (nSPS) is 10.2. The topological polar surface area (TPSA) is 69.4 Å². The number of Topliss-reactive ketones (excluding diaryl/α,β-unsaturated/α-hetero) is 1. The Morgan fingerprint density at radius 2 is 1.55 bits per heavy atom. The Hall–Kier alpha value is -2.62. The van der Waals surface area contributed by atoms with Gasteiger partial charge < -0.3 is 10.5 Å². The van der Waals surface area contributed by atoms with Gasteiger partial charge >= 0.3 is 0 Å². The molecule has 0 heterocycles. The molecule has 0 spiro atoms. The summed E-state index contributed by atoms with van der Waals surface area (Å²) in [6.45, 7) is 2.08. The van der Waals surface area contributed by atoms with Crippen LogP contribution in [0.1, 0.15) is 39.6 Å². The van der Waals surface area contributed by atoms with Crippen molar-refractivity contribution in [1.29, 1.82) is 0 Å². The van der Waals surface area contributed by atoms with Crippen LogP contribution in [-0.2, 0) is 6.42 Å². The van der Waals surface area contributed by atoms with Gasteiger partial charge in [-0.25, -0.2) is 0 Å². The Bertz CT molecular complexity index is 645. The number of rotatable bonds is 7. The van der Waals surface area contributed by atoms with Crippen LogP contribution in [0.25, 0.3) is 0 Å². The summed E-state index contributed by atoms with van der Waals surface area (Å²) < 4.78 is 5.43. The number of aryl methyl sites for hydroxylation is 1. The van der Waals surface area contributed by atoms with E-state index in [9.17, 15) is 9.59 Å². The molecule has 4 heteroatoms. The molecule has 0 bridgehead atoms. The highest BCUT2D eigenvalue weighted by molar-refractivity contribution is 5.97. The number of primary amides is 1. The zero-order valence-corrected chi connectivity index (χ0v) is 12.5. The van der Waals surface area contributed by atoms with E-state index in [0.717, 1.165) is 12.8 Å². The monoisotopic (exact) mass is 297 g/mol. The second-order valence-electron chi connectivity index (χ2n) is 5.05. The molecule has 0 atom stereocenters. The molecule has 0 unspecified atom stereocenters. The lowest BCUT2D eigenvalue weighted by atomic mass is 10.1. The smallest absolute Gasteiger partial charge is 0.248 e. The minimum absolute atomic E-state index is 0.0386. The van der Waals surface area contributed by atoms with Crippen molar-refractivity contribution in [1.82, 2.24) is 0 Å². The third kappa shape index (κ3) is 4.19. The highest BCUT2D eigenvalue weighted by Crippen LogP contribution is 2.13. The molecule has 22 heavy (non-hydrogen) atoms. The number of carbonyl (C=O) groups is 2. The van der Waals surface area contributed by atoms with Gasteiger partial charge in [0.05, 0.1) is 0 Å². The quantitative estimate of drug-likeness (QED) is 0.799. The summed E-state index contributed by atoms with van der Waals surface area (Å²) in [5, 5.41) is 0. The Morgan fingerprint density at radius 1 is 0.955 bits per heavy atom. The third-order valence-electron chi connectivity index (χ3n) is 3.32. The molecule has 2 rings (SSSR count). The molecule has 0 aliphatic heterocycles. The Labute approximate surface area is 129 Å². The van der Waals surface area contributed by atoms with E-state index >= 15 is 0 Å². The number of hydrogen-bond donors (Lipinski definition) is 1. The van der Waals surface area contributed by atoms with Crippen molar-refractivity contribution in [3.63, 3.8) is 0 Å². The predicted molar refractivity (Wildman–Crippen MR) is 85.2 cm³/mol. The molecule has 0 aromatic heterocycles. The number of nitrogens with two attached hydrogens (primary N) is 1. The average molecular weight is 297 g/mol. The SMILES string of the molecule is CCCc1ccc(C(=O)COc2ccc(C(N)=O)cc2)cc1. The van der Waals surface area contributed by atoms with E-state index in [-0.39, 0.29) is 12.4 Å². The second kappa shape index (κ2) is 7.41. The number of ketones is 1. The molecule has 1 amide bonds. The van der Waals surface area contributed by atoms with E-state index in [0.29, 0.717) is 16.9 Å². The molecule has 4 nitrogen and oxygen atoms in total. The first-order valence-electron chi connectivity index (χ1n) is 7.25. The van der Waals surface area contributed by atoms with Crippen LogP contribution in [-0.4, -0.2) is 18.3 Å². The molecule has 0 radical (unpaired) electrons. The van der Waals surface area contributed by atoms with Gasteiger partial charge in [-0.05, 0) is 36.2 Å². The van der Waals surface area contributed by atoms with Crippen molar-refractivity contribution in [2.75, 3.05) is 6.61 Å². The van der Waals surface area contributed by atoms with Gasteiger partial charge in [-0.3, -0.25) is 9.59 Å². The van der Waals surface area contributed by atoms with E-state index in [1.165, 1.54) is 5.56 Å². The minimum atomic E-state index is -0.491. The number of carbonyl (C=O) groups excluding carboxylic acids is 2. The molecule has 2 aromatic carbocycles. The van der Waals surface area contributed by atoms with Crippen molar-refractivity contribution in [2.45, 2.75) is 19.8 Å². The molecule has 114 valence electrons. The van der Waals surface area contributed by atoms with Gasteiger partial charge in [-0.2, -0.15) is 0 Å². The highest BCUT2D eigenvalue weighted by atomic mass is 16.5. The van der Waals surface area contributed by atoms with E-state index in [2.05, 4.69) is 6.92 Å². The zero-order chi connectivity index (χ0) is 15.9. The van der Waals surface area contributed by atoms with Gasteiger partial charge in [0.2, 0.25) is 5.91 Å². The van der Waals surface area contributed by atoms with Gasteiger partial charge in [0.1, 0.15) is 5.75 Å². The molecule has 0 fully saturated rings. The van der Waals surface area contributed by atoms with E-state index in [1.807, 2.05) is 24.3 Å². The van der Waals surface area contributed by atoms with Gasteiger partial charge in [-0.15, -0.1) is 0 Å². The maximum atomic E-state index is 12.1. The Kier molecular flexibility index (Phi) is 5.31.